The van der Waals surface area contributed by atoms with Crippen molar-refractivity contribution in [1.82, 2.24) is 4.90 Å². The van der Waals surface area contributed by atoms with Gasteiger partial charge in [-0.05, 0) is 57.2 Å². The summed E-state index contributed by atoms with van der Waals surface area (Å²) in [6, 6.07) is 4.03. The van der Waals surface area contributed by atoms with Crippen LogP contribution in [0.4, 0.5) is 13.6 Å². The van der Waals surface area contributed by atoms with Crippen LogP contribution in [-0.4, -0.2) is 29.7 Å². The molecule has 0 N–H and O–H groups in total. The zero-order valence-electron chi connectivity index (χ0n) is 12.7. The number of rotatable bonds is 1. The second kappa shape index (κ2) is 6.00. The molecule has 1 heterocycles. The number of hydrogen-bond donors (Lipinski definition) is 0. The van der Waals surface area contributed by atoms with E-state index in [1.165, 1.54) is 6.07 Å². The summed E-state index contributed by atoms with van der Waals surface area (Å²) in [5, 5.41) is 0. The van der Waals surface area contributed by atoms with Gasteiger partial charge in [0, 0.05) is 13.1 Å². The molecule has 1 aromatic rings. The van der Waals surface area contributed by atoms with Crippen molar-refractivity contribution in [2.45, 2.75) is 45.1 Å². The maximum Gasteiger partial charge on any atom is 0.410 e. The Kier molecular flexibility index (Phi) is 4.49. The third kappa shape index (κ3) is 4.16. The van der Waals surface area contributed by atoms with Gasteiger partial charge in [-0.25, -0.2) is 13.6 Å². The van der Waals surface area contributed by atoms with Crippen molar-refractivity contribution in [2.24, 2.45) is 0 Å². The van der Waals surface area contributed by atoms with E-state index in [1.54, 1.807) is 11.0 Å². The summed E-state index contributed by atoms with van der Waals surface area (Å²) in [6.07, 6.45) is 1.14. The first-order valence-electron chi connectivity index (χ1n) is 7.19. The summed E-state index contributed by atoms with van der Waals surface area (Å²) < 4.78 is 31.5. The van der Waals surface area contributed by atoms with Gasteiger partial charge in [0.15, 0.2) is 11.6 Å². The van der Waals surface area contributed by atoms with Gasteiger partial charge in [0.2, 0.25) is 0 Å². The topological polar surface area (TPSA) is 29.5 Å². The molecule has 5 heteroatoms. The Labute approximate surface area is 123 Å². The molecule has 21 heavy (non-hydrogen) atoms. The molecule has 0 aromatic heterocycles. The Morgan fingerprint density at radius 3 is 2.33 bits per heavy atom. The quantitative estimate of drug-likeness (QED) is 0.781. The standard InChI is InChI=1S/C16H21F2NO2/c1-16(2,3)21-15(20)19-8-6-11(7-9-19)12-4-5-13(17)14(18)10-12/h4-5,10-11H,6-9H2,1-3H3. The predicted octanol–water partition coefficient (Wildman–Crippen LogP) is 4.08. The van der Waals surface area contributed by atoms with E-state index >= 15 is 0 Å². The van der Waals surface area contributed by atoms with Crippen LogP contribution in [0.3, 0.4) is 0 Å². The Hall–Kier alpha value is -1.65. The van der Waals surface area contributed by atoms with Gasteiger partial charge in [-0.2, -0.15) is 0 Å². The predicted molar refractivity (Wildman–Crippen MR) is 76.1 cm³/mol. The van der Waals surface area contributed by atoms with Crippen LogP contribution in [0, 0.1) is 11.6 Å². The fourth-order valence-corrected chi connectivity index (χ4v) is 2.49. The van der Waals surface area contributed by atoms with Crippen LogP contribution in [-0.2, 0) is 4.74 Å². The van der Waals surface area contributed by atoms with E-state index in [2.05, 4.69) is 0 Å². The number of nitrogens with zero attached hydrogens (tertiary/aromatic N) is 1. The molecule has 0 aliphatic carbocycles. The molecule has 1 aromatic carbocycles. The molecule has 116 valence electrons. The van der Waals surface area contributed by atoms with Gasteiger partial charge in [0.05, 0.1) is 0 Å². The lowest BCUT2D eigenvalue weighted by molar-refractivity contribution is 0.0205. The van der Waals surface area contributed by atoms with Gasteiger partial charge in [-0.1, -0.05) is 6.07 Å². The highest BCUT2D eigenvalue weighted by Gasteiger charge is 2.27. The molecule has 1 saturated heterocycles. The zero-order chi connectivity index (χ0) is 15.6. The largest absolute Gasteiger partial charge is 0.444 e. The van der Waals surface area contributed by atoms with Crippen LogP contribution in [0.5, 0.6) is 0 Å². The molecular formula is C16H21F2NO2. The van der Waals surface area contributed by atoms with Crippen molar-refractivity contribution >= 4 is 6.09 Å². The first-order chi connectivity index (χ1) is 9.76. The van der Waals surface area contributed by atoms with Gasteiger partial charge in [-0.15, -0.1) is 0 Å². The summed E-state index contributed by atoms with van der Waals surface area (Å²) in [7, 11) is 0. The van der Waals surface area contributed by atoms with Crippen molar-refractivity contribution in [3.63, 3.8) is 0 Å². The lowest BCUT2D eigenvalue weighted by Crippen LogP contribution is -2.41. The highest BCUT2D eigenvalue weighted by molar-refractivity contribution is 5.68. The average Bonchev–Trinajstić information content (AvgIpc) is 2.40. The van der Waals surface area contributed by atoms with Crippen molar-refractivity contribution in [3.8, 4) is 0 Å². The number of likely N-dealkylation sites (tertiary alicyclic amines) is 1. The van der Waals surface area contributed by atoms with E-state index in [-0.39, 0.29) is 12.0 Å². The minimum atomic E-state index is -0.829. The molecular weight excluding hydrogens is 276 g/mol. The lowest BCUT2D eigenvalue weighted by atomic mass is 9.89. The highest BCUT2D eigenvalue weighted by atomic mass is 19.2. The van der Waals surface area contributed by atoms with Crippen molar-refractivity contribution in [2.75, 3.05) is 13.1 Å². The first-order valence-corrected chi connectivity index (χ1v) is 7.19. The van der Waals surface area contributed by atoms with E-state index in [4.69, 9.17) is 4.74 Å². The van der Waals surface area contributed by atoms with Crippen molar-refractivity contribution in [3.05, 3.63) is 35.4 Å². The SMILES string of the molecule is CC(C)(C)OC(=O)N1CCC(c2ccc(F)c(F)c2)CC1. The van der Waals surface area contributed by atoms with Gasteiger partial charge >= 0.3 is 6.09 Å². The third-order valence-electron chi connectivity index (χ3n) is 3.56. The van der Waals surface area contributed by atoms with E-state index in [0.717, 1.165) is 24.5 Å². The number of carbonyl (C=O) groups is 1. The lowest BCUT2D eigenvalue weighted by Gasteiger charge is -2.33. The average molecular weight is 297 g/mol. The maximum atomic E-state index is 13.3. The molecule has 1 amide bonds. The molecule has 0 unspecified atom stereocenters. The minimum Gasteiger partial charge on any atom is -0.444 e. The summed E-state index contributed by atoms with van der Waals surface area (Å²) in [5.41, 5.74) is 0.284. The monoisotopic (exact) mass is 297 g/mol. The molecule has 0 radical (unpaired) electrons. The van der Waals surface area contributed by atoms with Gasteiger partial charge in [-0.3, -0.25) is 0 Å². The Morgan fingerprint density at radius 1 is 1.19 bits per heavy atom. The van der Waals surface area contributed by atoms with E-state index in [9.17, 15) is 13.6 Å². The molecule has 1 aliphatic heterocycles. The van der Waals surface area contributed by atoms with Crippen LogP contribution in [0.15, 0.2) is 18.2 Å². The van der Waals surface area contributed by atoms with E-state index in [0.29, 0.717) is 13.1 Å². The number of hydrogen-bond acceptors (Lipinski definition) is 2. The molecule has 0 bridgehead atoms. The summed E-state index contributed by atoms with van der Waals surface area (Å²) in [5.74, 6) is -1.49. The van der Waals surface area contributed by atoms with Crippen LogP contribution >= 0.6 is 0 Å². The fourth-order valence-electron chi connectivity index (χ4n) is 2.49. The molecule has 1 aliphatic rings. The van der Waals surface area contributed by atoms with Gasteiger partial charge in [0.25, 0.3) is 0 Å². The molecule has 3 nitrogen and oxygen atoms in total. The van der Waals surface area contributed by atoms with Crippen LogP contribution in [0.25, 0.3) is 0 Å². The van der Waals surface area contributed by atoms with Crippen molar-refractivity contribution < 1.29 is 18.3 Å². The maximum absolute atomic E-state index is 13.3. The Morgan fingerprint density at radius 2 is 1.81 bits per heavy atom. The third-order valence-corrected chi connectivity index (χ3v) is 3.56. The smallest absolute Gasteiger partial charge is 0.410 e. The van der Waals surface area contributed by atoms with E-state index in [1.807, 2.05) is 20.8 Å². The number of ether oxygens (including phenoxy) is 1. The first kappa shape index (κ1) is 15.7. The number of carbonyl (C=O) groups excluding carboxylic acids is 1. The zero-order valence-corrected chi connectivity index (χ0v) is 12.7. The fraction of sp³-hybridized carbons (Fsp3) is 0.562. The van der Waals surface area contributed by atoms with E-state index < -0.39 is 17.2 Å². The number of amides is 1. The summed E-state index contributed by atoms with van der Waals surface area (Å²) >= 11 is 0. The van der Waals surface area contributed by atoms with Crippen LogP contribution in [0.1, 0.15) is 45.1 Å². The number of benzene rings is 1. The second-order valence-corrected chi connectivity index (χ2v) is 6.42. The molecule has 0 spiro atoms. The normalized spacial score (nSPS) is 16.9. The molecule has 0 saturated carbocycles. The number of halogens is 2. The highest BCUT2D eigenvalue weighted by Crippen LogP contribution is 2.29. The summed E-state index contributed by atoms with van der Waals surface area (Å²) in [4.78, 5) is 13.6. The van der Waals surface area contributed by atoms with Crippen LogP contribution in [0.2, 0.25) is 0 Å². The van der Waals surface area contributed by atoms with Gasteiger partial charge < -0.3 is 9.64 Å². The second-order valence-electron chi connectivity index (χ2n) is 6.42. The van der Waals surface area contributed by atoms with Crippen molar-refractivity contribution in [1.29, 1.82) is 0 Å². The molecule has 1 fully saturated rings. The Bertz CT molecular complexity index is 517. The summed E-state index contributed by atoms with van der Waals surface area (Å²) in [6.45, 7) is 6.63. The molecule has 2 rings (SSSR count). The molecule has 0 atom stereocenters. The minimum absolute atomic E-state index is 0.152. The van der Waals surface area contributed by atoms with Gasteiger partial charge in [0.1, 0.15) is 5.60 Å². The van der Waals surface area contributed by atoms with Crippen LogP contribution < -0.4 is 0 Å². The Balaban J connectivity index is 1.94. The number of piperidine rings is 1.